The minimum absolute atomic E-state index is 0.0484. The number of ether oxygens (including phenoxy) is 1. The van der Waals surface area contributed by atoms with E-state index in [-0.39, 0.29) is 22.7 Å². The molecule has 236 valence electrons. The number of hydrogen-bond donors (Lipinski definition) is 2. The molecule has 0 radical (unpaired) electrons. The molecule has 9 heteroatoms. The van der Waals surface area contributed by atoms with E-state index in [0.29, 0.717) is 46.8 Å². The van der Waals surface area contributed by atoms with Crippen LogP contribution in [-0.2, 0) is 0 Å². The zero-order valence-corrected chi connectivity index (χ0v) is 26.2. The number of nitrogens with one attached hydrogen (secondary N) is 1. The molecule has 2 N–H and O–H groups in total. The highest BCUT2D eigenvalue weighted by Crippen LogP contribution is 2.48. The lowest BCUT2D eigenvalue weighted by Gasteiger charge is -2.40. The van der Waals surface area contributed by atoms with Crippen molar-refractivity contribution in [3.63, 3.8) is 0 Å². The monoisotopic (exact) mass is 618 g/mol. The molecule has 4 aromatic rings. The van der Waals surface area contributed by atoms with Gasteiger partial charge in [0, 0.05) is 90.6 Å². The van der Waals surface area contributed by atoms with Crippen LogP contribution in [0.2, 0.25) is 0 Å². The van der Waals surface area contributed by atoms with Gasteiger partial charge in [0.2, 0.25) is 0 Å². The van der Waals surface area contributed by atoms with Gasteiger partial charge in [0.1, 0.15) is 17.1 Å². The number of phenols is 1. The third-order valence-corrected chi connectivity index (χ3v) is 11.3. The summed E-state index contributed by atoms with van der Waals surface area (Å²) in [6.07, 6.45) is 10.4. The summed E-state index contributed by atoms with van der Waals surface area (Å²) in [4.78, 5) is 17.1. The lowest BCUT2D eigenvalue weighted by atomic mass is 9.93. The molecule has 0 amide bonds. The summed E-state index contributed by atoms with van der Waals surface area (Å²) in [6, 6.07) is 14.2. The molecule has 1 saturated carbocycles. The van der Waals surface area contributed by atoms with Crippen LogP contribution in [0.1, 0.15) is 31.2 Å². The summed E-state index contributed by atoms with van der Waals surface area (Å²) in [5.74, 6) is 3.82. The van der Waals surface area contributed by atoms with Crippen LogP contribution < -0.4 is 15.0 Å². The van der Waals surface area contributed by atoms with Gasteiger partial charge in [-0.05, 0) is 67.9 Å². The van der Waals surface area contributed by atoms with Crippen molar-refractivity contribution in [2.45, 2.75) is 43.8 Å². The van der Waals surface area contributed by atoms with Gasteiger partial charge in [0.15, 0.2) is 5.82 Å². The van der Waals surface area contributed by atoms with E-state index in [1.54, 1.807) is 18.2 Å². The number of phenolic OH excluding ortho intramolecular Hbond substituents is 1. The highest BCUT2D eigenvalue weighted by Gasteiger charge is 2.50. The van der Waals surface area contributed by atoms with Gasteiger partial charge in [-0.25, -0.2) is 4.39 Å². The van der Waals surface area contributed by atoms with Crippen LogP contribution in [0.5, 0.6) is 11.8 Å². The molecule has 5 aliphatic rings. The maximum absolute atomic E-state index is 16.9. The van der Waals surface area contributed by atoms with Crippen molar-refractivity contribution in [2.75, 3.05) is 57.8 Å². The number of nitrogens with zero attached hydrogens (tertiary/aromatic N) is 5. The summed E-state index contributed by atoms with van der Waals surface area (Å²) >= 11 is 0. The van der Waals surface area contributed by atoms with Crippen LogP contribution in [0.3, 0.4) is 0 Å². The molecule has 1 aliphatic carbocycles. The summed E-state index contributed by atoms with van der Waals surface area (Å²) in [5, 5.41) is 16.4. The van der Waals surface area contributed by atoms with Crippen molar-refractivity contribution in [3.8, 4) is 35.2 Å². The molecule has 1 aromatic heterocycles. The first-order valence-corrected chi connectivity index (χ1v) is 16.7. The second-order valence-electron chi connectivity index (χ2n) is 14.5. The second-order valence-corrected chi connectivity index (χ2v) is 14.5. The molecule has 4 saturated heterocycles. The molecule has 4 unspecified atom stereocenters. The number of likely N-dealkylation sites (tertiary alicyclic amines) is 2. The van der Waals surface area contributed by atoms with Gasteiger partial charge >= 0.3 is 6.01 Å². The molecule has 9 rings (SSSR count). The number of hydrogen-bond acceptors (Lipinski definition) is 8. The second kappa shape index (κ2) is 10.5. The maximum Gasteiger partial charge on any atom is 0.319 e. The van der Waals surface area contributed by atoms with Crippen molar-refractivity contribution in [3.05, 3.63) is 53.8 Å². The first kappa shape index (κ1) is 28.3. The van der Waals surface area contributed by atoms with Gasteiger partial charge in [-0.1, -0.05) is 24.1 Å². The topological polar surface area (TPSA) is 77.0 Å². The number of aromatic nitrogens is 2. The number of likely N-dealkylation sites (N-methyl/N-ethyl adjacent to an activating group) is 1. The number of anilines is 1. The fourth-order valence-corrected chi connectivity index (χ4v) is 8.69. The Kier molecular flexibility index (Phi) is 6.47. The molecule has 0 spiro atoms. The molecule has 2 bridgehead atoms. The number of halogens is 1. The Morgan fingerprint density at radius 1 is 1.04 bits per heavy atom. The lowest BCUT2D eigenvalue weighted by molar-refractivity contribution is 0.0824. The number of benzene rings is 3. The molecule has 5 fully saturated rings. The van der Waals surface area contributed by atoms with Gasteiger partial charge in [0.05, 0.1) is 6.61 Å². The Morgan fingerprint density at radius 2 is 1.87 bits per heavy atom. The number of fused-ring (bicyclic) bond motifs is 5. The van der Waals surface area contributed by atoms with Crippen LogP contribution in [0.15, 0.2) is 42.5 Å². The van der Waals surface area contributed by atoms with E-state index in [0.717, 1.165) is 80.9 Å². The molecule has 4 atom stereocenters. The van der Waals surface area contributed by atoms with Crippen molar-refractivity contribution in [1.29, 1.82) is 0 Å². The molecular formula is C37H39FN6O2. The quantitative estimate of drug-likeness (QED) is 0.291. The van der Waals surface area contributed by atoms with Crippen molar-refractivity contribution >= 4 is 27.5 Å². The third kappa shape index (κ3) is 4.69. The number of rotatable bonds is 7. The van der Waals surface area contributed by atoms with Gasteiger partial charge in [-0.15, -0.1) is 6.42 Å². The Labute approximate surface area is 268 Å². The smallest absolute Gasteiger partial charge is 0.319 e. The van der Waals surface area contributed by atoms with E-state index in [4.69, 9.17) is 21.1 Å². The van der Waals surface area contributed by atoms with Crippen LogP contribution in [0, 0.1) is 29.5 Å². The Balaban J connectivity index is 1.10. The molecule has 4 aliphatic heterocycles. The minimum atomic E-state index is -0.472. The van der Waals surface area contributed by atoms with Gasteiger partial charge < -0.3 is 29.9 Å². The summed E-state index contributed by atoms with van der Waals surface area (Å²) in [6.45, 7) is 6.66. The van der Waals surface area contributed by atoms with E-state index in [9.17, 15) is 5.11 Å². The molecule has 5 heterocycles. The molecule has 8 nitrogen and oxygen atoms in total. The van der Waals surface area contributed by atoms with E-state index in [1.807, 2.05) is 24.3 Å². The molecule has 3 aromatic carbocycles. The van der Waals surface area contributed by atoms with E-state index in [1.165, 1.54) is 6.54 Å². The van der Waals surface area contributed by atoms with Gasteiger partial charge in [-0.2, -0.15) is 9.97 Å². The van der Waals surface area contributed by atoms with Crippen LogP contribution in [0.25, 0.3) is 32.8 Å². The zero-order chi connectivity index (χ0) is 31.2. The maximum atomic E-state index is 16.9. The predicted octanol–water partition coefficient (Wildman–Crippen LogP) is 4.62. The standard InChI is InChI=1S/C37H39FN6O2/c1-3-22-5-4-6-23-13-27(45)14-30(32(22)23)28-9-10-29-34(33(28)38)40-36(41-35(29)44-17-25-7-8-26(18-44)39-25)46-21-37(11-12-37)20-43-16-24-15-42(2)31(24)19-43/h1,4-6,9-10,13-14,24-26,31,39,45H,7-8,11-12,15-21H2,2H3. The Hall–Kier alpha value is -3.97. The van der Waals surface area contributed by atoms with Crippen LogP contribution >= 0.6 is 0 Å². The molecular weight excluding hydrogens is 579 g/mol. The van der Waals surface area contributed by atoms with Crippen molar-refractivity contribution < 1.29 is 14.2 Å². The van der Waals surface area contributed by atoms with E-state index >= 15 is 4.39 Å². The van der Waals surface area contributed by atoms with Crippen molar-refractivity contribution in [1.82, 2.24) is 25.1 Å². The number of aromatic hydroxyl groups is 1. The third-order valence-electron chi connectivity index (χ3n) is 11.3. The SMILES string of the molecule is C#Cc1cccc2cc(O)cc(-c3ccc4c(N5CC6CCC(C5)N6)nc(OCC5(CN6CC7CN(C)C7C6)CC5)nc4c3F)c12. The number of terminal acetylenes is 1. The van der Waals surface area contributed by atoms with E-state index in [2.05, 4.69) is 33.0 Å². The fourth-order valence-electron chi connectivity index (χ4n) is 8.69. The minimum Gasteiger partial charge on any atom is -0.508 e. The first-order chi connectivity index (χ1) is 22.4. The summed E-state index contributed by atoms with van der Waals surface area (Å²) in [7, 11) is 2.22. The number of piperazine rings is 1. The Morgan fingerprint density at radius 3 is 2.61 bits per heavy atom. The normalized spacial score (nSPS) is 26.7. The first-order valence-electron chi connectivity index (χ1n) is 16.7. The fraction of sp³-hybridized carbons (Fsp3) is 0.459. The Bertz CT molecular complexity index is 1910. The highest BCUT2D eigenvalue weighted by atomic mass is 19.1. The van der Waals surface area contributed by atoms with E-state index < -0.39 is 5.82 Å². The average molecular weight is 619 g/mol. The highest BCUT2D eigenvalue weighted by molar-refractivity contribution is 6.04. The van der Waals surface area contributed by atoms with Gasteiger partial charge in [0.25, 0.3) is 0 Å². The molecule has 46 heavy (non-hydrogen) atoms. The average Bonchev–Trinajstić information content (AvgIpc) is 3.63. The van der Waals surface area contributed by atoms with Crippen molar-refractivity contribution in [2.24, 2.45) is 11.3 Å². The summed E-state index contributed by atoms with van der Waals surface area (Å²) in [5.41, 5.74) is 1.83. The largest absolute Gasteiger partial charge is 0.508 e. The summed E-state index contributed by atoms with van der Waals surface area (Å²) < 4.78 is 23.3. The zero-order valence-electron chi connectivity index (χ0n) is 26.2. The lowest BCUT2D eigenvalue weighted by Crippen LogP contribution is -2.52. The predicted molar refractivity (Wildman–Crippen MR) is 178 cm³/mol. The van der Waals surface area contributed by atoms with Crippen LogP contribution in [-0.4, -0.2) is 95.9 Å². The van der Waals surface area contributed by atoms with Gasteiger partial charge in [-0.3, -0.25) is 0 Å². The van der Waals surface area contributed by atoms with Crippen LogP contribution in [0.4, 0.5) is 10.2 Å².